The first kappa shape index (κ1) is 20.2. The highest BCUT2D eigenvalue weighted by atomic mass is 35.5. The first-order valence-electron chi connectivity index (χ1n) is 10.3. The Bertz CT molecular complexity index is 1160. The van der Waals surface area contributed by atoms with Crippen molar-refractivity contribution in [1.29, 1.82) is 0 Å². The number of rotatable bonds is 4. The number of nitrogens with zero attached hydrogens (tertiary/aromatic N) is 1. The zero-order chi connectivity index (χ0) is 21.4. The molecule has 1 N–H and O–H groups in total. The minimum absolute atomic E-state index is 0.0652. The Hall–Kier alpha value is -2.76. The van der Waals surface area contributed by atoms with Gasteiger partial charge in [0.1, 0.15) is 5.37 Å². The van der Waals surface area contributed by atoms with Gasteiger partial charge in [-0.15, -0.1) is 11.8 Å². The molecule has 5 rings (SSSR count). The van der Waals surface area contributed by atoms with Crippen molar-refractivity contribution in [1.82, 2.24) is 0 Å². The summed E-state index contributed by atoms with van der Waals surface area (Å²) < 4.78 is 0. The number of fused-ring (bicyclic) bond motifs is 1. The molecule has 156 valence electrons. The van der Waals surface area contributed by atoms with Crippen LogP contribution in [0, 0.1) is 0 Å². The summed E-state index contributed by atoms with van der Waals surface area (Å²) in [5.74, 6) is 0.390. The molecular weight excluding hydrogens is 428 g/mol. The molecule has 1 aliphatic carbocycles. The molecule has 0 radical (unpaired) electrons. The van der Waals surface area contributed by atoms with Crippen LogP contribution >= 0.6 is 23.4 Å². The Morgan fingerprint density at radius 1 is 1.00 bits per heavy atom. The number of aryl methyl sites for hydroxylation is 2. The molecule has 31 heavy (non-hydrogen) atoms. The predicted molar refractivity (Wildman–Crippen MR) is 127 cm³/mol. The van der Waals surface area contributed by atoms with E-state index in [0.717, 1.165) is 24.1 Å². The van der Waals surface area contributed by atoms with Crippen molar-refractivity contribution in [3.05, 3.63) is 94.0 Å². The van der Waals surface area contributed by atoms with Crippen LogP contribution in [0.3, 0.4) is 0 Å². The van der Waals surface area contributed by atoms with Crippen molar-refractivity contribution >= 4 is 46.6 Å². The van der Waals surface area contributed by atoms with Crippen LogP contribution in [0.1, 0.15) is 38.8 Å². The summed E-state index contributed by atoms with van der Waals surface area (Å²) in [6.45, 7) is 0. The van der Waals surface area contributed by atoms with Crippen LogP contribution in [-0.2, 0) is 17.6 Å². The van der Waals surface area contributed by atoms with Crippen molar-refractivity contribution < 1.29 is 9.59 Å². The normalized spacial score (nSPS) is 17.6. The first-order chi connectivity index (χ1) is 15.1. The lowest BCUT2D eigenvalue weighted by atomic mass is 10.1. The van der Waals surface area contributed by atoms with Gasteiger partial charge < -0.3 is 5.32 Å². The molecule has 1 atom stereocenters. The van der Waals surface area contributed by atoms with E-state index in [1.165, 1.54) is 17.5 Å². The van der Waals surface area contributed by atoms with Crippen LogP contribution in [0.5, 0.6) is 0 Å². The molecule has 1 saturated heterocycles. The van der Waals surface area contributed by atoms with Crippen LogP contribution in [0.4, 0.5) is 11.4 Å². The van der Waals surface area contributed by atoms with Crippen LogP contribution in [0.25, 0.3) is 0 Å². The molecular formula is C25H21ClN2O2S. The summed E-state index contributed by atoms with van der Waals surface area (Å²) >= 11 is 7.61. The largest absolute Gasteiger partial charge is 0.322 e. The number of benzene rings is 3. The fourth-order valence-electron chi connectivity index (χ4n) is 4.22. The molecule has 1 aliphatic heterocycles. The summed E-state index contributed by atoms with van der Waals surface area (Å²) in [7, 11) is 0. The zero-order valence-electron chi connectivity index (χ0n) is 16.8. The summed E-state index contributed by atoms with van der Waals surface area (Å²) in [5.41, 5.74) is 5.99. The highest BCUT2D eigenvalue weighted by Crippen LogP contribution is 2.43. The van der Waals surface area contributed by atoms with Gasteiger partial charge in [0.2, 0.25) is 5.91 Å². The number of hydrogen-bond acceptors (Lipinski definition) is 3. The van der Waals surface area contributed by atoms with E-state index in [1.807, 2.05) is 29.2 Å². The molecule has 0 bridgehead atoms. The van der Waals surface area contributed by atoms with Gasteiger partial charge >= 0.3 is 0 Å². The fourth-order valence-corrected chi connectivity index (χ4v) is 5.59. The third-order valence-corrected chi connectivity index (χ3v) is 7.22. The molecule has 0 aromatic heterocycles. The van der Waals surface area contributed by atoms with E-state index in [1.54, 1.807) is 36.0 Å². The van der Waals surface area contributed by atoms with Crippen molar-refractivity contribution in [3.8, 4) is 0 Å². The number of hydrogen-bond donors (Lipinski definition) is 1. The minimum Gasteiger partial charge on any atom is -0.322 e. The molecule has 4 nitrogen and oxygen atoms in total. The zero-order valence-corrected chi connectivity index (χ0v) is 18.4. The highest BCUT2D eigenvalue weighted by molar-refractivity contribution is 8.00. The number of amides is 2. The van der Waals surface area contributed by atoms with Gasteiger partial charge in [0.05, 0.1) is 5.75 Å². The number of carbonyl (C=O) groups excluding carboxylic acids is 2. The average Bonchev–Trinajstić information content (AvgIpc) is 3.40. The number of anilines is 2. The number of thioether (sulfide) groups is 1. The second-order valence-corrected chi connectivity index (χ2v) is 9.33. The molecule has 0 saturated carbocycles. The molecule has 1 heterocycles. The Balaban J connectivity index is 1.35. The lowest BCUT2D eigenvalue weighted by molar-refractivity contribution is -0.115. The number of halogens is 1. The highest BCUT2D eigenvalue weighted by Gasteiger charge is 2.34. The second-order valence-electron chi connectivity index (χ2n) is 7.82. The Kier molecular flexibility index (Phi) is 5.47. The van der Waals surface area contributed by atoms with Gasteiger partial charge in [0.25, 0.3) is 5.91 Å². The van der Waals surface area contributed by atoms with E-state index < -0.39 is 0 Å². The standard InChI is InChI=1S/C25H21ClN2O2S/c26-20-6-2-5-19(13-20)24(30)27-21-10-7-17(8-11-21)25-28(23(29)15-31-25)22-12-9-16-3-1-4-18(16)14-22/h2,5-14,25H,1,3-4,15H2,(H,27,30)/t25-/m1/s1. The Morgan fingerprint density at radius 3 is 2.61 bits per heavy atom. The maximum Gasteiger partial charge on any atom is 0.255 e. The maximum absolute atomic E-state index is 12.7. The van der Waals surface area contributed by atoms with Crippen molar-refractivity contribution in [2.24, 2.45) is 0 Å². The molecule has 3 aromatic carbocycles. The predicted octanol–water partition coefficient (Wildman–Crippen LogP) is 5.86. The van der Waals surface area contributed by atoms with Crippen LogP contribution < -0.4 is 10.2 Å². The number of nitrogens with one attached hydrogen (secondary N) is 1. The minimum atomic E-state index is -0.208. The Morgan fingerprint density at radius 2 is 1.81 bits per heavy atom. The van der Waals surface area contributed by atoms with Gasteiger partial charge in [-0.1, -0.05) is 35.9 Å². The fraction of sp³-hybridized carbons (Fsp3) is 0.200. The van der Waals surface area contributed by atoms with Crippen LogP contribution in [-0.4, -0.2) is 17.6 Å². The molecule has 6 heteroatoms. The second kappa shape index (κ2) is 8.40. The van der Waals surface area contributed by atoms with E-state index in [4.69, 9.17) is 11.6 Å². The van der Waals surface area contributed by atoms with Crippen LogP contribution in [0.2, 0.25) is 5.02 Å². The lowest BCUT2D eigenvalue weighted by Crippen LogP contribution is -2.27. The third-order valence-electron chi connectivity index (χ3n) is 5.77. The van der Waals surface area contributed by atoms with E-state index >= 15 is 0 Å². The van der Waals surface area contributed by atoms with E-state index in [9.17, 15) is 9.59 Å². The van der Waals surface area contributed by atoms with E-state index in [2.05, 4.69) is 23.5 Å². The van der Waals surface area contributed by atoms with Gasteiger partial charge in [-0.2, -0.15) is 0 Å². The molecule has 3 aromatic rings. The monoisotopic (exact) mass is 448 g/mol. The molecule has 2 amide bonds. The van der Waals surface area contributed by atoms with E-state index in [0.29, 0.717) is 22.0 Å². The van der Waals surface area contributed by atoms with Gasteiger partial charge in [0, 0.05) is 22.0 Å². The Labute approximate surface area is 190 Å². The lowest BCUT2D eigenvalue weighted by Gasteiger charge is -2.25. The topological polar surface area (TPSA) is 49.4 Å². The molecule has 0 unspecified atom stereocenters. The van der Waals surface area contributed by atoms with Gasteiger partial charge in [-0.3, -0.25) is 14.5 Å². The van der Waals surface area contributed by atoms with Crippen molar-refractivity contribution in [3.63, 3.8) is 0 Å². The summed E-state index contributed by atoms with van der Waals surface area (Å²) in [5, 5.41) is 3.36. The summed E-state index contributed by atoms with van der Waals surface area (Å²) in [6.07, 6.45) is 3.40. The summed E-state index contributed by atoms with van der Waals surface area (Å²) in [4.78, 5) is 27.1. The summed E-state index contributed by atoms with van der Waals surface area (Å²) in [6, 6.07) is 21.0. The first-order valence-corrected chi connectivity index (χ1v) is 11.7. The molecule has 2 aliphatic rings. The average molecular weight is 449 g/mol. The van der Waals surface area contributed by atoms with Gasteiger partial charge in [-0.25, -0.2) is 0 Å². The third kappa shape index (κ3) is 4.08. The van der Waals surface area contributed by atoms with Crippen molar-refractivity contribution in [2.75, 3.05) is 16.0 Å². The van der Waals surface area contributed by atoms with Gasteiger partial charge in [-0.05, 0) is 78.4 Å². The smallest absolute Gasteiger partial charge is 0.255 e. The van der Waals surface area contributed by atoms with Crippen molar-refractivity contribution in [2.45, 2.75) is 24.6 Å². The van der Waals surface area contributed by atoms with Crippen LogP contribution in [0.15, 0.2) is 66.7 Å². The molecule has 1 fully saturated rings. The maximum atomic E-state index is 12.7. The number of carbonyl (C=O) groups is 2. The molecule has 0 spiro atoms. The van der Waals surface area contributed by atoms with Gasteiger partial charge in [0.15, 0.2) is 0 Å². The van der Waals surface area contributed by atoms with E-state index in [-0.39, 0.29) is 17.2 Å². The quantitative estimate of drug-likeness (QED) is 0.543. The SMILES string of the molecule is O=C(Nc1ccc([C@H]2SCC(=O)N2c2ccc3c(c2)CCC3)cc1)c1cccc(Cl)c1.